The molecule has 2 aromatic carbocycles. The van der Waals surface area contributed by atoms with E-state index >= 15 is 0 Å². The van der Waals surface area contributed by atoms with E-state index in [-0.39, 0.29) is 22.8 Å². The van der Waals surface area contributed by atoms with Gasteiger partial charge in [-0.2, -0.15) is 0 Å². The first-order valence-corrected chi connectivity index (χ1v) is 13.7. The van der Waals surface area contributed by atoms with Crippen molar-refractivity contribution in [2.45, 2.75) is 84.6 Å². The fourth-order valence-electron chi connectivity index (χ4n) is 4.72. The number of carbonyl (C=O) groups excluding carboxylic acids is 2. The second kappa shape index (κ2) is 14.9. The largest absolute Gasteiger partial charge is 0.463 e. The molecule has 2 aromatic rings. The van der Waals surface area contributed by atoms with Gasteiger partial charge in [-0.3, -0.25) is 4.79 Å². The molecular formula is C32H44F2N2O3. The van der Waals surface area contributed by atoms with E-state index < -0.39 is 11.6 Å². The van der Waals surface area contributed by atoms with Gasteiger partial charge >= 0.3 is 5.97 Å². The molecule has 214 valence electrons. The lowest BCUT2D eigenvalue weighted by molar-refractivity contribution is -0.137. The third-order valence-corrected chi connectivity index (χ3v) is 6.83. The average Bonchev–Trinajstić information content (AvgIpc) is 2.84. The zero-order chi connectivity index (χ0) is 29.1. The van der Waals surface area contributed by atoms with Gasteiger partial charge in [-0.15, -0.1) is 0 Å². The van der Waals surface area contributed by atoms with Crippen LogP contribution in [0.4, 0.5) is 8.78 Å². The first-order valence-electron chi connectivity index (χ1n) is 13.7. The second-order valence-electron chi connectivity index (χ2n) is 11.2. The summed E-state index contributed by atoms with van der Waals surface area (Å²) in [7, 11) is 0. The topological polar surface area (TPSA) is 67.4 Å². The van der Waals surface area contributed by atoms with Gasteiger partial charge in [0.15, 0.2) is 0 Å². The number of hydrogen-bond donors (Lipinski definition) is 2. The summed E-state index contributed by atoms with van der Waals surface area (Å²) in [6.07, 6.45) is 6.17. The molecule has 1 aliphatic rings. The molecule has 7 heteroatoms. The van der Waals surface area contributed by atoms with Crippen LogP contribution < -0.4 is 10.6 Å². The maximum Gasteiger partial charge on any atom is 0.330 e. The lowest BCUT2D eigenvalue weighted by Crippen LogP contribution is -2.45. The highest BCUT2D eigenvalue weighted by atomic mass is 19.1. The zero-order valence-corrected chi connectivity index (χ0v) is 24.3. The molecule has 1 aliphatic carbocycles. The van der Waals surface area contributed by atoms with Crippen LogP contribution in [0.15, 0.2) is 54.1 Å². The Morgan fingerprint density at radius 2 is 1.67 bits per heavy atom. The SMILES string of the molecule is CCOC(=O)C=C1CCC(NCCCNC(C)=O)(c2cccc(C(C)(C)C)c2)CC1.Cc1cc(F)cc(F)c1. The van der Waals surface area contributed by atoms with Crippen molar-refractivity contribution in [3.63, 3.8) is 0 Å². The molecular weight excluding hydrogens is 498 g/mol. The third kappa shape index (κ3) is 10.9. The molecule has 0 spiro atoms. The molecule has 0 saturated heterocycles. The van der Waals surface area contributed by atoms with E-state index in [1.807, 2.05) is 6.92 Å². The highest BCUT2D eigenvalue weighted by Crippen LogP contribution is 2.40. The number of halogens is 2. The normalized spacial score (nSPS) is 17.1. The van der Waals surface area contributed by atoms with Crippen LogP contribution in [0.2, 0.25) is 0 Å². The molecule has 39 heavy (non-hydrogen) atoms. The molecule has 0 atom stereocenters. The quantitative estimate of drug-likeness (QED) is 0.223. The molecule has 0 unspecified atom stereocenters. The number of nitrogens with one attached hydrogen (secondary N) is 2. The fraction of sp³-hybridized carbons (Fsp3) is 0.500. The number of esters is 1. The molecule has 1 fully saturated rings. The van der Waals surface area contributed by atoms with Gasteiger partial charge in [0.2, 0.25) is 5.91 Å². The van der Waals surface area contributed by atoms with Gasteiger partial charge in [0.1, 0.15) is 11.6 Å². The minimum Gasteiger partial charge on any atom is -0.463 e. The zero-order valence-electron chi connectivity index (χ0n) is 24.3. The summed E-state index contributed by atoms with van der Waals surface area (Å²) < 4.78 is 29.5. The minimum atomic E-state index is -0.521. The molecule has 0 aromatic heterocycles. The Bertz CT molecular complexity index is 1080. The van der Waals surface area contributed by atoms with Crippen LogP contribution in [0.3, 0.4) is 0 Å². The van der Waals surface area contributed by atoms with Gasteiger partial charge in [-0.25, -0.2) is 13.6 Å². The maximum absolute atomic E-state index is 12.2. The number of carbonyl (C=O) groups is 2. The smallest absolute Gasteiger partial charge is 0.330 e. The monoisotopic (exact) mass is 542 g/mol. The van der Waals surface area contributed by atoms with Crippen LogP contribution >= 0.6 is 0 Å². The van der Waals surface area contributed by atoms with Gasteiger partial charge in [0, 0.05) is 31.1 Å². The first kappa shape index (κ1) is 32.2. The number of allylic oxidation sites excluding steroid dienone is 1. The molecule has 1 amide bonds. The third-order valence-electron chi connectivity index (χ3n) is 6.83. The number of hydrogen-bond acceptors (Lipinski definition) is 4. The highest BCUT2D eigenvalue weighted by molar-refractivity contribution is 5.82. The van der Waals surface area contributed by atoms with E-state index in [9.17, 15) is 18.4 Å². The Kier molecular flexibility index (Phi) is 12.3. The maximum atomic E-state index is 12.2. The van der Waals surface area contributed by atoms with E-state index in [0.29, 0.717) is 18.7 Å². The predicted octanol–water partition coefficient (Wildman–Crippen LogP) is 6.63. The Morgan fingerprint density at radius 1 is 1.03 bits per heavy atom. The lowest BCUT2D eigenvalue weighted by Gasteiger charge is -2.40. The van der Waals surface area contributed by atoms with E-state index in [4.69, 9.17) is 4.74 Å². The highest BCUT2D eigenvalue weighted by Gasteiger charge is 2.35. The van der Waals surface area contributed by atoms with Crippen molar-refractivity contribution in [2.24, 2.45) is 0 Å². The van der Waals surface area contributed by atoms with Gasteiger partial charge in [0.05, 0.1) is 6.61 Å². The van der Waals surface area contributed by atoms with E-state index in [1.54, 1.807) is 19.9 Å². The number of benzene rings is 2. The number of ether oxygens (including phenoxy) is 1. The van der Waals surface area contributed by atoms with E-state index in [1.165, 1.54) is 23.3 Å². The standard InChI is InChI=1S/C25H38N2O3.C7H6F2/c1-6-30-23(29)17-20-11-13-25(14-12-20,27-16-8-15-26-19(2)28)22-10-7-9-21(18-22)24(3,4)5;1-5-2-6(8)4-7(9)3-5/h7,9-10,17-18,27H,6,8,11-16H2,1-5H3,(H,26,28);2-4H,1H3. The van der Waals surface area contributed by atoms with Crippen LogP contribution in [0.5, 0.6) is 0 Å². The first-order chi connectivity index (χ1) is 18.3. The Balaban J connectivity index is 0.000000499. The average molecular weight is 543 g/mol. The molecule has 3 rings (SSSR count). The summed E-state index contributed by atoms with van der Waals surface area (Å²) in [6.45, 7) is 13.6. The second-order valence-corrected chi connectivity index (χ2v) is 11.2. The van der Waals surface area contributed by atoms with Crippen molar-refractivity contribution in [3.05, 3.63) is 82.4 Å². The van der Waals surface area contributed by atoms with Crippen molar-refractivity contribution in [1.29, 1.82) is 0 Å². The van der Waals surface area contributed by atoms with Crippen LogP contribution in [0, 0.1) is 18.6 Å². The van der Waals surface area contributed by atoms with Crippen molar-refractivity contribution in [3.8, 4) is 0 Å². The van der Waals surface area contributed by atoms with Gasteiger partial charge in [0.25, 0.3) is 0 Å². The molecule has 0 bridgehead atoms. The summed E-state index contributed by atoms with van der Waals surface area (Å²) in [5.41, 5.74) is 4.37. The molecule has 0 radical (unpaired) electrons. The molecule has 0 heterocycles. The summed E-state index contributed by atoms with van der Waals surface area (Å²) in [4.78, 5) is 23.0. The van der Waals surface area contributed by atoms with E-state index in [2.05, 4.69) is 55.7 Å². The van der Waals surface area contributed by atoms with Gasteiger partial charge in [-0.05, 0) is 86.7 Å². The number of rotatable bonds is 8. The van der Waals surface area contributed by atoms with Crippen molar-refractivity contribution < 1.29 is 23.1 Å². The molecule has 0 aliphatic heterocycles. The lowest BCUT2D eigenvalue weighted by atomic mass is 9.73. The summed E-state index contributed by atoms with van der Waals surface area (Å²) >= 11 is 0. The fourth-order valence-corrected chi connectivity index (χ4v) is 4.72. The minimum absolute atomic E-state index is 0.00834. The van der Waals surface area contributed by atoms with E-state index in [0.717, 1.165) is 50.3 Å². The number of amides is 1. The van der Waals surface area contributed by atoms with Crippen LogP contribution in [-0.2, 0) is 25.3 Å². The van der Waals surface area contributed by atoms with Crippen LogP contribution in [0.1, 0.15) is 83.4 Å². The van der Waals surface area contributed by atoms with Crippen LogP contribution in [0.25, 0.3) is 0 Å². The van der Waals surface area contributed by atoms with Crippen LogP contribution in [-0.4, -0.2) is 31.6 Å². The van der Waals surface area contributed by atoms with Crippen molar-refractivity contribution in [2.75, 3.05) is 19.7 Å². The summed E-state index contributed by atoms with van der Waals surface area (Å²) in [5.74, 6) is -1.27. The Morgan fingerprint density at radius 3 is 2.21 bits per heavy atom. The van der Waals surface area contributed by atoms with Crippen molar-refractivity contribution >= 4 is 11.9 Å². The Hall–Kier alpha value is -3.06. The molecule has 5 nitrogen and oxygen atoms in total. The molecule has 2 N–H and O–H groups in total. The summed E-state index contributed by atoms with van der Waals surface area (Å²) in [6, 6.07) is 12.3. The molecule has 1 saturated carbocycles. The summed E-state index contributed by atoms with van der Waals surface area (Å²) in [5, 5.41) is 6.67. The Labute approximate surface area is 232 Å². The van der Waals surface area contributed by atoms with Gasteiger partial charge in [-0.1, -0.05) is 50.6 Å². The van der Waals surface area contributed by atoms with Gasteiger partial charge < -0.3 is 15.4 Å². The predicted molar refractivity (Wildman–Crippen MR) is 152 cm³/mol. The van der Waals surface area contributed by atoms with Crippen molar-refractivity contribution in [1.82, 2.24) is 10.6 Å². The number of aryl methyl sites for hydroxylation is 1.